The number of aliphatic hydroxyl groups is 1. The van der Waals surface area contributed by atoms with Crippen LogP contribution in [0.1, 0.15) is 297 Å². The van der Waals surface area contributed by atoms with Gasteiger partial charge in [-0.3, -0.25) is 37.3 Å². The van der Waals surface area contributed by atoms with Crippen molar-refractivity contribution in [2.24, 2.45) is 0 Å². The third kappa shape index (κ3) is 76.6. The van der Waals surface area contributed by atoms with Crippen molar-refractivity contribution in [1.29, 1.82) is 0 Å². The van der Waals surface area contributed by atoms with E-state index >= 15 is 0 Å². The van der Waals surface area contributed by atoms with Gasteiger partial charge in [-0.2, -0.15) is 0 Å². The molecule has 0 aromatic carbocycles. The molecule has 0 saturated carbocycles. The van der Waals surface area contributed by atoms with Crippen LogP contribution in [0, 0.1) is 0 Å². The summed E-state index contributed by atoms with van der Waals surface area (Å²) in [6, 6.07) is 0. The highest BCUT2D eigenvalue weighted by Gasteiger charge is 2.30. The standard InChI is InChI=1S/C87H142O17P2/c1-5-9-13-17-21-25-29-33-37-39-40-42-46-48-52-56-60-64-68-72-85(90)98-78-83(104-87(92)74-70-66-62-58-54-50-44-36-32-28-24-20-16-12-8-4)80-102-106(95,96)100-76-81(88)75-99-105(93,94)101-79-82(103-86(91)73-69-65-61-57-53-49-43-35-31-27-23-19-15-11-7-3)77-97-84(89)71-67-63-59-55-51-47-45-41-38-34-30-26-22-18-14-10-6-2/h9-11,13-15,21-23,25-27,33-35,37-38,40,42-43,48,52-53,57,60,64-65,69,81-83,88H,5-8,12,16-20,24,28-32,36,39,41,44-47,49-51,54-56,58-59,61-63,66-68,70-80H2,1-4H3,(H,93,94)(H,95,96)/b13-9-,14-10-,15-11-,25-21-,26-22-,27-23-,37-33-,38-34-,42-40-,43-35-,52-48-,57-53-,64-60-,69-65-. The van der Waals surface area contributed by atoms with Crippen LogP contribution in [0.15, 0.2) is 170 Å². The Morgan fingerprint density at radius 2 is 0.547 bits per heavy atom. The molecule has 0 aliphatic carbocycles. The second kappa shape index (κ2) is 77.6. The molecule has 17 nitrogen and oxygen atoms in total. The first-order valence-corrected chi connectivity index (χ1v) is 43.4. The van der Waals surface area contributed by atoms with E-state index in [-0.39, 0.29) is 25.7 Å². The van der Waals surface area contributed by atoms with Gasteiger partial charge < -0.3 is 33.8 Å². The van der Waals surface area contributed by atoms with Crippen LogP contribution in [-0.2, 0) is 65.4 Å². The second-order valence-corrected chi connectivity index (χ2v) is 29.1. The molecule has 106 heavy (non-hydrogen) atoms. The lowest BCUT2D eigenvalue weighted by molar-refractivity contribution is -0.161. The van der Waals surface area contributed by atoms with Gasteiger partial charge in [-0.25, -0.2) is 9.13 Å². The summed E-state index contributed by atoms with van der Waals surface area (Å²) in [6.45, 7) is 4.33. The van der Waals surface area contributed by atoms with E-state index in [4.69, 9.17) is 37.0 Å². The van der Waals surface area contributed by atoms with Crippen LogP contribution in [0.5, 0.6) is 0 Å². The lowest BCUT2D eigenvalue weighted by atomic mass is 10.0. The van der Waals surface area contributed by atoms with Gasteiger partial charge in [0, 0.05) is 19.3 Å². The molecule has 0 aromatic rings. The summed E-state index contributed by atoms with van der Waals surface area (Å²) < 4.78 is 68.4. The first-order chi connectivity index (χ1) is 51.7. The van der Waals surface area contributed by atoms with E-state index in [0.717, 1.165) is 148 Å². The summed E-state index contributed by atoms with van der Waals surface area (Å²) >= 11 is 0. The molecular weight excluding hydrogens is 1380 g/mol. The minimum atomic E-state index is -5.02. The highest BCUT2D eigenvalue weighted by atomic mass is 31.2. The fourth-order valence-electron chi connectivity index (χ4n) is 10.2. The quantitative estimate of drug-likeness (QED) is 0.0169. The fourth-order valence-corrected chi connectivity index (χ4v) is 11.8. The van der Waals surface area contributed by atoms with E-state index in [9.17, 15) is 43.2 Å². The zero-order valence-corrected chi connectivity index (χ0v) is 67.6. The van der Waals surface area contributed by atoms with E-state index in [2.05, 4.69) is 155 Å². The molecule has 0 spiro atoms. The number of esters is 4. The van der Waals surface area contributed by atoms with Crippen LogP contribution in [0.2, 0.25) is 0 Å². The third-order valence-electron chi connectivity index (χ3n) is 16.2. The van der Waals surface area contributed by atoms with Gasteiger partial charge in [-0.05, 0) is 122 Å². The molecule has 0 amide bonds. The molecule has 0 aliphatic rings. The smallest absolute Gasteiger partial charge is 0.462 e. The molecule has 0 bridgehead atoms. The van der Waals surface area contributed by atoms with Crippen LogP contribution >= 0.6 is 15.6 Å². The van der Waals surface area contributed by atoms with Gasteiger partial charge in [0.2, 0.25) is 0 Å². The summed E-state index contributed by atoms with van der Waals surface area (Å²) in [5, 5.41) is 10.6. The first-order valence-electron chi connectivity index (χ1n) is 40.4. The minimum Gasteiger partial charge on any atom is -0.462 e. The molecule has 5 unspecified atom stereocenters. The number of carbonyl (C=O) groups is 4. The largest absolute Gasteiger partial charge is 0.472 e. The Hall–Kier alpha value is -5.58. The second-order valence-electron chi connectivity index (χ2n) is 26.2. The molecule has 0 heterocycles. The lowest BCUT2D eigenvalue weighted by Crippen LogP contribution is -2.30. The van der Waals surface area contributed by atoms with E-state index in [1.807, 2.05) is 30.4 Å². The summed E-state index contributed by atoms with van der Waals surface area (Å²) in [5.74, 6) is -2.44. The molecule has 19 heteroatoms. The van der Waals surface area contributed by atoms with Crippen molar-refractivity contribution in [3.63, 3.8) is 0 Å². The van der Waals surface area contributed by atoms with E-state index in [0.29, 0.717) is 32.1 Å². The van der Waals surface area contributed by atoms with Gasteiger partial charge in [-0.1, -0.05) is 320 Å². The van der Waals surface area contributed by atoms with Crippen molar-refractivity contribution >= 4 is 39.5 Å². The highest BCUT2D eigenvalue weighted by molar-refractivity contribution is 7.47. The first kappa shape index (κ1) is 100. The SMILES string of the molecule is CC/C=C\C/C=C\C/C=C\C/C=C\C/C=C\C/C=C\CCC(=O)OCC(COP(=O)(O)OCC(O)COP(=O)(O)OCC(COC(=O)CCCCCCCCC/C=C\C/C=C\C/C=C\CC)OC(=O)C/C=C\C/C=C\C/C=C\C/C=C\C/C=C\CC)OC(=O)CCCCCCCCCCCCCCCCC. The Bertz CT molecular complexity index is 2680. The number of carbonyl (C=O) groups excluding carboxylic acids is 4. The van der Waals surface area contributed by atoms with Gasteiger partial charge in [0.25, 0.3) is 0 Å². The number of ether oxygens (including phenoxy) is 4. The maximum Gasteiger partial charge on any atom is 0.472 e. The molecule has 0 aromatic heterocycles. The van der Waals surface area contributed by atoms with E-state index in [1.165, 1.54) is 64.2 Å². The van der Waals surface area contributed by atoms with Gasteiger partial charge in [-0.15, -0.1) is 0 Å². The lowest BCUT2D eigenvalue weighted by Gasteiger charge is -2.21. The van der Waals surface area contributed by atoms with Crippen LogP contribution < -0.4 is 0 Å². The predicted octanol–water partition coefficient (Wildman–Crippen LogP) is 23.8. The zero-order chi connectivity index (χ0) is 77.4. The summed E-state index contributed by atoms with van der Waals surface area (Å²) in [4.78, 5) is 73.0. The van der Waals surface area contributed by atoms with Gasteiger partial charge in [0.15, 0.2) is 12.2 Å². The zero-order valence-electron chi connectivity index (χ0n) is 65.8. The molecule has 5 atom stereocenters. The highest BCUT2D eigenvalue weighted by Crippen LogP contribution is 2.45. The number of aliphatic hydroxyl groups excluding tert-OH is 1. The van der Waals surface area contributed by atoms with Crippen molar-refractivity contribution in [2.45, 2.75) is 316 Å². The Labute approximate surface area is 642 Å². The summed E-state index contributed by atoms with van der Waals surface area (Å²) in [7, 11) is -10.0. The monoisotopic (exact) mass is 1520 g/mol. The molecule has 0 saturated heterocycles. The third-order valence-corrected chi connectivity index (χ3v) is 18.1. The number of unbranched alkanes of at least 4 members (excludes halogenated alkanes) is 21. The number of allylic oxidation sites excluding steroid dienone is 27. The molecule has 602 valence electrons. The van der Waals surface area contributed by atoms with Crippen molar-refractivity contribution in [1.82, 2.24) is 0 Å². The van der Waals surface area contributed by atoms with Crippen LogP contribution in [0.4, 0.5) is 0 Å². The van der Waals surface area contributed by atoms with Gasteiger partial charge >= 0.3 is 39.5 Å². The van der Waals surface area contributed by atoms with Crippen molar-refractivity contribution < 1.29 is 80.2 Å². The maximum atomic E-state index is 13.1. The Morgan fingerprint density at radius 1 is 0.283 bits per heavy atom. The van der Waals surface area contributed by atoms with Gasteiger partial charge in [0.1, 0.15) is 19.3 Å². The molecule has 3 N–H and O–H groups in total. The number of phosphoric ester groups is 2. The molecule has 0 radical (unpaired) electrons. The Kier molecular flexibility index (Phi) is 73.5. The predicted molar refractivity (Wildman–Crippen MR) is 436 cm³/mol. The van der Waals surface area contributed by atoms with Crippen LogP contribution in [0.3, 0.4) is 0 Å². The average Bonchev–Trinajstić information content (AvgIpc) is 0.909. The Balaban J connectivity index is 5.50. The summed E-state index contributed by atoms with van der Waals surface area (Å²) in [6.07, 6.45) is 92.4. The van der Waals surface area contributed by atoms with Crippen molar-refractivity contribution in [3.05, 3.63) is 170 Å². The summed E-state index contributed by atoms with van der Waals surface area (Å²) in [5.41, 5.74) is 0. The maximum absolute atomic E-state index is 13.1. The number of hydrogen-bond donors (Lipinski definition) is 3. The van der Waals surface area contributed by atoms with Crippen LogP contribution in [0.25, 0.3) is 0 Å². The fraction of sp³-hybridized carbons (Fsp3) is 0.632. The molecule has 0 fully saturated rings. The minimum absolute atomic E-state index is 0.0308. The number of phosphoric acid groups is 2. The number of hydrogen-bond acceptors (Lipinski definition) is 15. The Morgan fingerprint density at radius 3 is 0.896 bits per heavy atom. The van der Waals surface area contributed by atoms with Crippen molar-refractivity contribution in [3.8, 4) is 0 Å². The normalized spacial score (nSPS) is 14.7. The van der Waals surface area contributed by atoms with E-state index < -0.39 is 97.5 Å². The number of rotatable bonds is 74. The van der Waals surface area contributed by atoms with E-state index in [1.54, 1.807) is 12.2 Å². The van der Waals surface area contributed by atoms with Gasteiger partial charge in [0.05, 0.1) is 32.8 Å². The molecular formula is C87H142O17P2. The molecule has 0 rings (SSSR count). The molecule has 0 aliphatic heterocycles. The van der Waals surface area contributed by atoms with Crippen LogP contribution in [-0.4, -0.2) is 96.7 Å². The van der Waals surface area contributed by atoms with Crippen molar-refractivity contribution in [2.75, 3.05) is 39.6 Å². The average molecular weight is 1520 g/mol. The topological polar surface area (TPSA) is 237 Å².